The lowest BCUT2D eigenvalue weighted by molar-refractivity contribution is -0.127. The second-order valence-corrected chi connectivity index (χ2v) is 8.86. The second kappa shape index (κ2) is 11.7. The first-order valence-corrected chi connectivity index (χ1v) is 11.9. The maximum Gasteiger partial charge on any atom is 0.407 e. The van der Waals surface area contributed by atoms with Gasteiger partial charge in [-0.1, -0.05) is 30.3 Å². The summed E-state index contributed by atoms with van der Waals surface area (Å²) in [5, 5.41) is 35.3. The summed E-state index contributed by atoms with van der Waals surface area (Å²) in [6, 6.07) is 13.4. The van der Waals surface area contributed by atoms with Crippen molar-refractivity contribution in [2.24, 2.45) is 0 Å². The smallest absolute Gasteiger partial charge is 0.407 e. The Morgan fingerprint density at radius 3 is 2.73 bits per heavy atom. The predicted octanol–water partition coefficient (Wildman–Crippen LogP) is 2.89. The highest BCUT2D eigenvalue weighted by atomic mass is 19.1. The normalized spacial score (nSPS) is 18.3. The van der Waals surface area contributed by atoms with Crippen LogP contribution in [-0.2, 0) is 11.4 Å². The Morgan fingerprint density at radius 1 is 1.22 bits per heavy atom. The van der Waals surface area contributed by atoms with E-state index in [1.165, 1.54) is 0 Å². The molecule has 1 aromatic heterocycles. The number of halogens is 1. The van der Waals surface area contributed by atoms with Crippen LogP contribution >= 0.6 is 0 Å². The van der Waals surface area contributed by atoms with Crippen molar-refractivity contribution in [2.75, 3.05) is 25.0 Å². The van der Waals surface area contributed by atoms with Crippen LogP contribution < -0.4 is 15.4 Å². The minimum Gasteiger partial charge on any atom is -0.504 e. The van der Waals surface area contributed by atoms with Crippen molar-refractivity contribution >= 4 is 28.6 Å². The van der Waals surface area contributed by atoms with Crippen LogP contribution in [0, 0.1) is 0 Å². The maximum absolute atomic E-state index is 13.4. The SMILES string of the molecule is O=C(NCC(F)CO)C1CC(Nc2cnc3ccc(OCc4ccccc4)c(O)c3c2)CCN1C(=O)O. The van der Waals surface area contributed by atoms with Crippen LogP contribution in [0.4, 0.5) is 14.9 Å². The van der Waals surface area contributed by atoms with Crippen molar-refractivity contribution < 1.29 is 34.0 Å². The zero-order valence-corrected chi connectivity index (χ0v) is 20.0. The molecule has 0 radical (unpaired) electrons. The Balaban J connectivity index is 1.47. The third kappa shape index (κ3) is 6.36. The number of carbonyl (C=O) groups excluding carboxylic acids is 1. The third-order valence-electron chi connectivity index (χ3n) is 6.25. The summed E-state index contributed by atoms with van der Waals surface area (Å²) in [7, 11) is 0. The van der Waals surface area contributed by atoms with Crippen LogP contribution in [0.25, 0.3) is 10.9 Å². The Morgan fingerprint density at radius 2 is 2.00 bits per heavy atom. The molecule has 1 saturated heterocycles. The number of anilines is 1. The van der Waals surface area contributed by atoms with E-state index in [1.54, 1.807) is 24.4 Å². The number of aromatic hydroxyl groups is 1. The molecule has 0 saturated carbocycles. The molecule has 0 spiro atoms. The molecule has 5 N–H and O–H groups in total. The number of hydrogen-bond acceptors (Lipinski definition) is 7. The van der Waals surface area contributed by atoms with Crippen LogP contribution in [-0.4, -0.2) is 75.2 Å². The number of alkyl halides is 1. The van der Waals surface area contributed by atoms with Gasteiger partial charge in [0.25, 0.3) is 0 Å². The number of carboxylic acid groups (broad SMARTS) is 1. The third-order valence-corrected chi connectivity index (χ3v) is 6.25. The highest BCUT2D eigenvalue weighted by Crippen LogP contribution is 2.35. The van der Waals surface area contributed by atoms with Gasteiger partial charge in [0.15, 0.2) is 11.5 Å². The molecule has 0 bridgehead atoms. The van der Waals surface area contributed by atoms with E-state index in [9.17, 15) is 24.2 Å². The summed E-state index contributed by atoms with van der Waals surface area (Å²) in [5.74, 6) is -0.359. The Kier molecular flexibility index (Phi) is 8.24. The topological polar surface area (TPSA) is 144 Å². The molecule has 11 heteroatoms. The second-order valence-electron chi connectivity index (χ2n) is 8.86. The number of rotatable bonds is 9. The summed E-state index contributed by atoms with van der Waals surface area (Å²) >= 11 is 0. The van der Waals surface area contributed by atoms with Gasteiger partial charge in [-0.25, -0.2) is 9.18 Å². The van der Waals surface area contributed by atoms with Crippen LogP contribution in [0.5, 0.6) is 11.5 Å². The minimum atomic E-state index is -1.63. The van der Waals surface area contributed by atoms with E-state index < -0.39 is 37.4 Å². The van der Waals surface area contributed by atoms with Crippen molar-refractivity contribution in [3.8, 4) is 11.5 Å². The number of ether oxygens (including phenoxy) is 1. The molecule has 3 aromatic rings. The monoisotopic (exact) mass is 512 g/mol. The fourth-order valence-corrected chi connectivity index (χ4v) is 4.30. The molecular weight excluding hydrogens is 483 g/mol. The number of benzene rings is 2. The lowest BCUT2D eigenvalue weighted by atomic mass is 9.96. The van der Waals surface area contributed by atoms with Gasteiger partial charge >= 0.3 is 6.09 Å². The lowest BCUT2D eigenvalue weighted by Gasteiger charge is -2.37. The summed E-state index contributed by atoms with van der Waals surface area (Å²) in [4.78, 5) is 29.7. The molecule has 196 valence electrons. The Labute approximate surface area is 212 Å². The predicted molar refractivity (Wildman–Crippen MR) is 134 cm³/mol. The van der Waals surface area contributed by atoms with E-state index in [-0.39, 0.29) is 24.8 Å². The average molecular weight is 513 g/mol. The van der Waals surface area contributed by atoms with Gasteiger partial charge in [0, 0.05) is 18.0 Å². The summed E-state index contributed by atoms with van der Waals surface area (Å²) in [5.41, 5.74) is 2.11. The van der Waals surface area contributed by atoms with Crippen LogP contribution in [0.3, 0.4) is 0 Å². The lowest BCUT2D eigenvalue weighted by Crippen LogP contribution is -2.56. The molecule has 37 heavy (non-hydrogen) atoms. The first kappa shape index (κ1) is 26.0. The molecule has 1 aliphatic heterocycles. The Bertz CT molecular complexity index is 1240. The molecule has 2 aromatic carbocycles. The number of hydrogen-bond donors (Lipinski definition) is 5. The fourth-order valence-electron chi connectivity index (χ4n) is 4.30. The van der Waals surface area contributed by atoms with E-state index in [2.05, 4.69) is 15.6 Å². The van der Waals surface area contributed by atoms with Gasteiger partial charge in [0.1, 0.15) is 18.8 Å². The molecule has 1 fully saturated rings. The Hall–Kier alpha value is -4.12. The van der Waals surface area contributed by atoms with E-state index >= 15 is 0 Å². The van der Waals surface area contributed by atoms with E-state index in [0.717, 1.165) is 10.5 Å². The number of pyridine rings is 1. The number of phenolic OH excluding ortho intramolecular Hbond substituents is 1. The van der Waals surface area contributed by atoms with E-state index in [1.807, 2.05) is 30.3 Å². The fraction of sp³-hybridized carbons (Fsp3) is 0.346. The molecule has 3 unspecified atom stereocenters. The molecule has 1 aliphatic rings. The van der Waals surface area contributed by atoms with Crippen molar-refractivity contribution in [1.82, 2.24) is 15.2 Å². The highest BCUT2D eigenvalue weighted by Gasteiger charge is 2.36. The van der Waals surface area contributed by atoms with Crippen molar-refractivity contribution in [2.45, 2.75) is 37.7 Å². The molecule has 0 aliphatic carbocycles. The van der Waals surface area contributed by atoms with Gasteiger partial charge in [0.05, 0.1) is 30.6 Å². The molecular formula is C26H29FN4O6. The molecule has 2 heterocycles. The molecule has 3 atom stereocenters. The first-order chi connectivity index (χ1) is 17.9. The number of fused-ring (bicyclic) bond motifs is 1. The van der Waals surface area contributed by atoms with Gasteiger partial charge in [-0.05, 0) is 36.6 Å². The van der Waals surface area contributed by atoms with Gasteiger partial charge in [-0.3, -0.25) is 14.7 Å². The maximum atomic E-state index is 13.4. The van der Waals surface area contributed by atoms with Crippen molar-refractivity contribution in [3.63, 3.8) is 0 Å². The van der Waals surface area contributed by atoms with E-state index in [4.69, 9.17) is 9.84 Å². The number of aromatic nitrogens is 1. The highest BCUT2D eigenvalue weighted by molar-refractivity contribution is 5.90. The number of amides is 2. The molecule has 4 rings (SSSR count). The number of nitrogens with zero attached hydrogens (tertiary/aromatic N) is 2. The van der Waals surface area contributed by atoms with Crippen LogP contribution in [0.2, 0.25) is 0 Å². The van der Waals surface area contributed by atoms with Crippen molar-refractivity contribution in [1.29, 1.82) is 0 Å². The number of piperidine rings is 1. The zero-order chi connectivity index (χ0) is 26.4. The summed E-state index contributed by atoms with van der Waals surface area (Å²) in [6.07, 6.45) is -0.684. The molecule has 10 nitrogen and oxygen atoms in total. The van der Waals surface area contributed by atoms with Crippen LogP contribution in [0.15, 0.2) is 54.7 Å². The van der Waals surface area contributed by atoms with Gasteiger partial charge in [0.2, 0.25) is 5.91 Å². The van der Waals surface area contributed by atoms with Gasteiger partial charge in [-0.15, -0.1) is 0 Å². The summed E-state index contributed by atoms with van der Waals surface area (Å²) in [6.45, 7) is -0.745. The van der Waals surface area contributed by atoms with Gasteiger partial charge in [-0.2, -0.15) is 0 Å². The number of likely N-dealkylation sites (tertiary alicyclic amines) is 1. The first-order valence-electron chi connectivity index (χ1n) is 11.9. The number of aliphatic hydroxyl groups excluding tert-OH is 1. The number of carbonyl (C=O) groups is 2. The number of aliphatic hydroxyl groups is 1. The zero-order valence-electron chi connectivity index (χ0n) is 20.0. The number of nitrogens with one attached hydrogen (secondary N) is 2. The standard InChI is InChI=1S/C26H29FN4O6/c27-17(14-32)12-29-25(34)22-11-18(8-9-31(22)26(35)36)30-19-10-20-21(28-13-19)6-7-23(24(20)33)37-15-16-4-2-1-3-5-16/h1-7,10,13,17-18,22,30,32-33H,8-9,11-12,14-15H2,(H,29,34)(H,35,36). The van der Waals surface area contributed by atoms with Gasteiger partial charge < -0.3 is 30.7 Å². The van der Waals surface area contributed by atoms with Crippen LogP contribution in [0.1, 0.15) is 18.4 Å². The van der Waals surface area contributed by atoms with E-state index in [0.29, 0.717) is 35.4 Å². The number of phenols is 1. The molecule has 2 amide bonds. The average Bonchev–Trinajstić information content (AvgIpc) is 2.91. The summed E-state index contributed by atoms with van der Waals surface area (Å²) < 4.78 is 19.2. The minimum absolute atomic E-state index is 0.0489. The largest absolute Gasteiger partial charge is 0.504 e. The van der Waals surface area contributed by atoms with Crippen molar-refractivity contribution in [3.05, 3.63) is 60.3 Å². The quantitative estimate of drug-likeness (QED) is 0.294.